The molecule has 52 valence electrons. The Morgan fingerprint density at radius 3 is 2.20 bits per heavy atom. The van der Waals surface area contributed by atoms with Crippen LogP contribution in [0.1, 0.15) is 24.3 Å². The number of hydrogen-bond donors (Lipinski definition) is 1. The SMILES string of the molecule is Sc1ccc(C2CC2)cc1. The van der Waals surface area contributed by atoms with Gasteiger partial charge in [0.25, 0.3) is 0 Å². The summed E-state index contributed by atoms with van der Waals surface area (Å²) in [5, 5.41) is 0. The van der Waals surface area contributed by atoms with Crippen molar-refractivity contribution in [1.29, 1.82) is 0 Å². The Morgan fingerprint density at radius 2 is 1.70 bits per heavy atom. The first-order valence-electron chi connectivity index (χ1n) is 3.65. The molecule has 0 amide bonds. The van der Waals surface area contributed by atoms with Gasteiger partial charge in [-0.3, -0.25) is 0 Å². The molecular weight excluding hydrogens is 140 g/mol. The van der Waals surface area contributed by atoms with Crippen LogP contribution in [0.3, 0.4) is 0 Å². The quantitative estimate of drug-likeness (QED) is 0.585. The average Bonchev–Trinajstić information content (AvgIpc) is 2.71. The summed E-state index contributed by atoms with van der Waals surface area (Å²) in [6.07, 6.45) is 2.76. The van der Waals surface area contributed by atoms with Crippen molar-refractivity contribution < 1.29 is 0 Å². The van der Waals surface area contributed by atoms with Crippen molar-refractivity contribution in [2.45, 2.75) is 23.7 Å². The Balaban J connectivity index is 2.28. The number of thiol groups is 1. The summed E-state index contributed by atoms with van der Waals surface area (Å²) in [7, 11) is 0. The minimum atomic E-state index is 0.869. The van der Waals surface area contributed by atoms with Gasteiger partial charge >= 0.3 is 0 Å². The molecule has 0 bridgehead atoms. The Labute approximate surface area is 66.7 Å². The van der Waals surface area contributed by atoms with Crippen molar-refractivity contribution in [3.63, 3.8) is 0 Å². The van der Waals surface area contributed by atoms with Gasteiger partial charge in [0.1, 0.15) is 0 Å². The first-order chi connectivity index (χ1) is 4.86. The van der Waals surface area contributed by atoms with Crippen LogP contribution in [-0.4, -0.2) is 0 Å². The summed E-state index contributed by atoms with van der Waals surface area (Å²) >= 11 is 4.22. The van der Waals surface area contributed by atoms with Crippen LogP contribution in [0.4, 0.5) is 0 Å². The Hall–Kier alpha value is -0.430. The lowest BCUT2D eigenvalue weighted by Crippen LogP contribution is -1.75. The standard InChI is InChI=1S/C9H10S/c10-9-5-3-8(4-6-9)7-1-2-7/h3-7,10H,1-2H2. The number of benzene rings is 1. The lowest BCUT2D eigenvalue weighted by molar-refractivity contribution is 1.12. The largest absolute Gasteiger partial charge is 0.143 e. The van der Waals surface area contributed by atoms with E-state index in [-0.39, 0.29) is 0 Å². The van der Waals surface area contributed by atoms with Gasteiger partial charge in [-0.25, -0.2) is 0 Å². The van der Waals surface area contributed by atoms with Crippen molar-refractivity contribution in [3.05, 3.63) is 29.8 Å². The molecule has 0 saturated heterocycles. The van der Waals surface area contributed by atoms with Gasteiger partial charge in [0.05, 0.1) is 0 Å². The highest BCUT2D eigenvalue weighted by Gasteiger charge is 2.22. The normalized spacial score (nSPS) is 17.3. The van der Waals surface area contributed by atoms with E-state index in [4.69, 9.17) is 0 Å². The minimum Gasteiger partial charge on any atom is -0.143 e. The van der Waals surface area contributed by atoms with Gasteiger partial charge < -0.3 is 0 Å². The van der Waals surface area contributed by atoms with E-state index in [2.05, 4.69) is 36.9 Å². The lowest BCUT2D eigenvalue weighted by atomic mass is 10.1. The highest BCUT2D eigenvalue weighted by atomic mass is 32.1. The van der Waals surface area contributed by atoms with Crippen LogP contribution in [0.25, 0.3) is 0 Å². The third-order valence-electron chi connectivity index (χ3n) is 1.94. The van der Waals surface area contributed by atoms with Crippen LogP contribution in [-0.2, 0) is 0 Å². The van der Waals surface area contributed by atoms with Gasteiger partial charge in [0, 0.05) is 4.90 Å². The molecule has 0 N–H and O–H groups in total. The maximum absolute atomic E-state index is 4.22. The Kier molecular flexibility index (Phi) is 1.46. The second-order valence-electron chi connectivity index (χ2n) is 2.87. The maximum atomic E-state index is 4.22. The molecule has 0 heterocycles. The predicted octanol–water partition coefficient (Wildman–Crippen LogP) is 2.85. The van der Waals surface area contributed by atoms with Gasteiger partial charge in [-0.15, -0.1) is 12.6 Å². The van der Waals surface area contributed by atoms with Crippen molar-refractivity contribution in [2.24, 2.45) is 0 Å². The second-order valence-corrected chi connectivity index (χ2v) is 3.38. The third-order valence-corrected chi connectivity index (χ3v) is 2.24. The predicted molar refractivity (Wildman–Crippen MR) is 45.7 cm³/mol. The monoisotopic (exact) mass is 150 g/mol. The van der Waals surface area contributed by atoms with Crippen LogP contribution < -0.4 is 0 Å². The van der Waals surface area contributed by atoms with Crippen molar-refractivity contribution >= 4 is 12.6 Å². The molecule has 1 aromatic carbocycles. The zero-order valence-corrected chi connectivity index (χ0v) is 6.64. The third kappa shape index (κ3) is 1.19. The fourth-order valence-electron chi connectivity index (χ4n) is 1.16. The zero-order valence-electron chi connectivity index (χ0n) is 5.75. The highest BCUT2D eigenvalue weighted by Crippen LogP contribution is 2.39. The van der Waals surface area contributed by atoms with Gasteiger partial charge in [-0.1, -0.05) is 12.1 Å². The summed E-state index contributed by atoms with van der Waals surface area (Å²) in [5.74, 6) is 0.869. The molecule has 0 nitrogen and oxygen atoms in total. The Bertz CT molecular complexity index is 221. The topological polar surface area (TPSA) is 0 Å². The van der Waals surface area contributed by atoms with Gasteiger partial charge in [-0.2, -0.15) is 0 Å². The summed E-state index contributed by atoms with van der Waals surface area (Å²) in [5.41, 5.74) is 1.48. The molecule has 1 aliphatic rings. The van der Waals surface area contributed by atoms with Gasteiger partial charge in [-0.05, 0) is 36.5 Å². The van der Waals surface area contributed by atoms with E-state index in [9.17, 15) is 0 Å². The fourth-order valence-corrected chi connectivity index (χ4v) is 1.31. The van der Waals surface area contributed by atoms with E-state index < -0.39 is 0 Å². The molecule has 0 atom stereocenters. The van der Waals surface area contributed by atoms with E-state index in [0.29, 0.717) is 0 Å². The molecule has 1 saturated carbocycles. The molecule has 2 rings (SSSR count). The maximum Gasteiger partial charge on any atom is 0.00401 e. The van der Waals surface area contributed by atoms with Crippen LogP contribution in [0.5, 0.6) is 0 Å². The van der Waals surface area contributed by atoms with E-state index in [1.165, 1.54) is 18.4 Å². The van der Waals surface area contributed by atoms with Crippen LogP contribution in [0.2, 0.25) is 0 Å². The summed E-state index contributed by atoms with van der Waals surface area (Å²) < 4.78 is 0. The smallest absolute Gasteiger partial charge is 0.00401 e. The molecule has 10 heavy (non-hydrogen) atoms. The van der Waals surface area contributed by atoms with Gasteiger partial charge in [0.15, 0.2) is 0 Å². The average molecular weight is 150 g/mol. The van der Waals surface area contributed by atoms with E-state index in [1.54, 1.807) is 0 Å². The Morgan fingerprint density at radius 1 is 1.10 bits per heavy atom. The fraction of sp³-hybridized carbons (Fsp3) is 0.333. The summed E-state index contributed by atoms with van der Waals surface area (Å²) in [6.45, 7) is 0. The molecular formula is C9H10S. The molecule has 0 unspecified atom stereocenters. The van der Waals surface area contributed by atoms with Gasteiger partial charge in [0.2, 0.25) is 0 Å². The second kappa shape index (κ2) is 2.31. The van der Waals surface area contributed by atoms with Crippen molar-refractivity contribution in [2.75, 3.05) is 0 Å². The summed E-state index contributed by atoms with van der Waals surface area (Å²) in [4.78, 5) is 1.06. The van der Waals surface area contributed by atoms with Crippen molar-refractivity contribution in [3.8, 4) is 0 Å². The number of hydrogen-bond acceptors (Lipinski definition) is 1. The molecule has 1 fully saturated rings. The van der Waals surface area contributed by atoms with Crippen LogP contribution in [0.15, 0.2) is 29.2 Å². The lowest BCUT2D eigenvalue weighted by Gasteiger charge is -1.95. The molecule has 0 aromatic heterocycles. The molecule has 0 radical (unpaired) electrons. The molecule has 1 aromatic rings. The summed E-state index contributed by atoms with van der Waals surface area (Å²) in [6, 6.07) is 8.49. The zero-order chi connectivity index (χ0) is 6.97. The molecule has 1 aliphatic carbocycles. The highest BCUT2D eigenvalue weighted by molar-refractivity contribution is 7.80. The first kappa shape index (κ1) is 6.29. The number of rotatable bonds is 1. The van der Waals surface area contributed by atoms with Crippen LogP contribution >= 0.6 is 12.6 Å². The molecule has 0 aliphatic heterocycles. The van der Waals surface area contributed by atoms with Crippen molar-refractivity contribution in [1.82, 2.24) is 0 Å². The van der Waals surface area contributed by atoms with E-state index in [0.717, 1.165) is 10.8 Å². The molecule has 1 heteroatoms. The molecule has 0 spiro atoms. The minimum absolute atomic E-state index is 0.869. The van der Waals surface area contributed by atoms with E-state index in [1.807, 2.05) is 0 Å². The van der Waals surface area contributed by atoms with E-state index >= 15 is 0 Å². The first-order valence-corrected chi connectivity index (χ1v) is 4.10. The van der Waals surface area contributed by atoms with Crippen LogP contribution in [0, 0.1) is 0 Å².